The predicted octanol–water partition coefficient (Wildman–Crippen LogP) is 3.92. The number of furan rings is 1. The molecule has 1 aliphatic heterocycles. The van der Waals surface area contributed by atoms with E-state index in [0.29, 0.717) is 6.42 Å². The topological polar surface area (TPSA) is 118 Å². The number of rotatable bonds is 5. The number of methoxy groups -OCH3 is 2. The van der Waals surface area contributed by atoms with E-state index >= 15 is 0 Å². The maximum absolute atomic E-state index is 14.0. The number of esters is 3. The normalized spacial score (nSPS) is 40.5. The SMILES string of the molecule is COC(=O)C[C@H]1[C@]2(C)C3=C(C)[C@H](c4ccoc4)C[C@H]3O[C@H]2[C@H](OC(C)=O)C2[C@](C)(C(=O)OC)C=CC(=O)[C@]21C. The summed E-state index contributed by atoms with van der Waals surface area (Å²) in [6, 6.07) is 1.93. The molecule has 1 aromatic heterocycles. The Kier molecular flexibility index (Phi) is 6.44. The van der Waals surface area contributed by atoms with Gasteiger partial charge in [-0.05, 0) is 49.5 Å². The molecule has 9 nitrogen and oxygen atoms in total. The average Bonchev–Trinajstić information content (AvgIpc) is 3.60. The third-order valence-corrected chi connectivity index (χ3v) is 10.2. The first-order valence-electron chi connectivity index (χ1n) is 13.3. The van der Waals surface area contributed by atoms with E-state index in [2.05, 4.69) is 6.92 Å². The Hall–Kier alpha value is -3.20. The second-order valence-corrected chi connectivity index (χ2v) is 11.9. The summed E-state index contributed by atoms with van der Waals surface area (Å²) in [7, 11) is 2.60. The average molecular weight is 541 g/mol. The number of fused-ring (bicyclic) bond motifs is 4. The molecule has 39 heavy (non-hydrogen) atoms. The van der Waals surface area contributed by atoms with Crippen LogP contribution in [-0.4, -0.2) is 56.2 Å². The molecule has 0 spiro atoms. The first kappa shape index (κ1) is 27.4. The van der Waals surface area contributed by atoms with Crippen LogP contribution in [0.25, 0.3) is 0 Å². The zero-order chi connectivity index (χ0) is 28.5. The van der Waals surface area contributed by atoms with Crippen LogP contribution in [0.5, 0.6) is 0 Å². The molecule has 0 N–H and O–H groups in total. The zero-order valence-electron chi connectivity index (χ0n) is 23.4. The smallest absolute Gasteiger partial charge is 0.315 e. The van der Waals surface area contributed by atoms with Gasteiger partial charge in [-0.3, -0.25) is 19.2 Å². The highest BCUT2D eigenvalue weighted by atomic mass is 16.6. The Balaban J connectivity index is 1.78. The molecule has 0 radical (unpaired) electrons. The summed E-state index contributed by atoms with van der Waals surface area (Å²) in [6.07, 6.45) is 4.88. The number of carbonyl (C=O) groups excluding carboxylic acids is 4. The first-order valence-corrected chi connectivity index (χ1v) is 13.3. The fourth-order valence-electron chi connectivity index (χ4n) is 8.57. The van der Waals surface area contributed by atoms with Crippen molar-refractivity contribution in [3.05, 3.63) is 47.5 Å². The molecular formula is C30H36O9. The highest BCUT2D eigenvalue weighted by Gasteiger charge is 2.75. The van der Waals surface area contributed by atoms with Crippen LogP contribution in [0.1, 0.15) is 58.9 Å². The number of allylic oxidation sites excluding steroid dienone is 2. The third kappa shape index (κ3) is 3.61. The Morgan fingerprint density at radius 2 is 1.82 bits per heavy atom. The molecule has 1 saturated heterocycles. The third-order valence-electron chi connectivity index (χ3n) is 10.2. The van der Waals surface area contributed by atoms with E-state index in [1.54, 1.807) is 26.4 Å². The van der Waals surface area contributed by atoms with Crippen molar-refractivity contribution in [3.63, 3.8) is 0 Å². The molecule has 0 bridgehead atoms. The first-order chi connectivity index (χ1) is 18.3. The number of ketones is 1. The van der Waals surface area contributed by atoms with Crippen LogP contribution >= 0.6 is 0 Å². The van der Waals surface area contributed by atoms with Gasteiger partial charge in [-0.2, -0.15) is 0 Å². The fourth-order valence-corrected chi connectivity index (χ4v) is 8.57. The van der Waals surface area contributed by atoms with E-state index in [0.717, 1.165) is 16.7 Å². The summed E-state index contributed by atoms with van der Waals surface area (Å²) < 4.78 is 28.5. The maximum atomic E-state index is 14.0. The van der Waals surface area contributed by atoms with E-state index in [-0.39, 0.29) is 24.2 Å². The zero-order valence-corrected chi connectivity index (χ0v) is 23.4. The lowest BCUT2D eigenvalue weighted by molar-refractivity contribution is -0.226. The molecule has 210 valence electrons. The van der Waals surface area contributed by atoms with E-state index in [1.165, 1.54) is 33.3 Å². The minimum Gasteiger partial charge on any atom is -0.472 e. The highest BCUT2D eigenvalue weighted by molar-refractivity contribution is 5.99. The van der Waals surface area contributed by atoms with Crippen LogP contribution in [0, 0.1) is 28.1 Å². The van der Waals surface area contributed by atoms with E-state index in [1.807, 2.05) is 13.0 Å². The number of carbonyl (C=O) groups is 4. The van der Waals surface area contributed by atoms with Crippen LogP contribution in [0.15, 0.2) is 46.3 Å². The van der Waals surface area contributed by atoms with E-state index in [4.69, 9.17) is 23.4 Å². The van der Waals surface area contributed by atoms with Crippen molar-refractivity contribution in [2.24, 2.45) is 28.1 Å². The quantitative estimate of drug-likeness (QED) is 0.311. The van der Waals surface area contributed by atoms with Crippen molar-refractivity contribution in [2.75, 3.05) is 14.2 Å². The number of hydrogen-bond donors (Lipinski definition) is 0. The lowest BCUT2D eigenvalue weighted by atomic mass is 9.41. The summed E-state index contributed by atoms with van der Waals surface area (Å²) >= 11 is 0. The Bertz CT molecular complexity index is 1280. The van der Waals surface area contributed by atoms with Crippen LogP contribution < -0.4 is 0 Å². The van der Waals surface area contributed by atoms with Gasteiger partial charge in [0.1, 0.15) is 12.2 Å². The minimum atomic E-state index is -1.32. The van der Waals surface area contributed by atoms with E-state index in [9.17, 15) is 19.2 Å². The molecule has 2 fully saturated rings. The van der Waals surface area contributed by atoms with Crippen molar-refractivity contribution in [1.29, 1.82) is 0 Å². The van der Waals surface area contributed by atoms with Crippen LogP contribution in [-0.2, 0) is 38.1 Å². The molecule has 1 unspecified atom stereocenters. The maximum Gasteiger partial charge on any atom is 0.315 e. The second kappa shape index (κ2) is 9.18. The molecule has 1 aromatic rings. The second-order valence-electron chi connectivity index (χ2n) is 11.9. The monoisotopic (exact) mass is 540 g/mol. The summed E-state index contributed by atoms with van der Waals surface area (Å²) in [5.74, 6) is -3.26. The molecule has 0 amide bonds. The Morgan fingerprint density at radius 3 is 2.41 bits per heavy atom. The van der Waals surface area contributed by atoms with Gasteiger partial charge in [-0.25, -0.2) is 0 Å². The van der Waals surface area contributed by atoms with Gasteiger partial charge in [-0.15, -0.1) is 0 Å². The molecule has 5 rings (SSSR count). The lowest BCUT2D eigenvalue weighted by Crippen LogP contribution is -2.70. The van der Waals surface area contributed by atoms with Gasteiger partial charge in [0.05, 0.1) is 44.7 Å². The number of ether oxygens (including phenoxy) is 4. The molecule has 4 aliphatic rings. The van der Waals surface area contributed by atoms with Gasteiger partial charge in [0.25, 0.3) is 0 Å². The van der Waals surface area contributed by atoms with Gasteiger partial charge in [0, 0.05) is 29.6 Å². The predicted molar refractivity (Wildman–Crippen MR) is 137 cm³/mol. The van der Waals surface area contributed by atoms with Crippen molar-refractivity contribution in [3.8, 4) is 0 Å². The summed E-state index contributed by atoms with van der Waals surface area (Å²) in [5, 5.41) is 0. The van der Waals surface area contributed by atoms with Gasteiger partial charge in [0.15, 0.2) is 5.78 Å². The molecule has 9 heteroatoms. The molecule has 3 aliphatic carbocycles. The van der Waals surface area contributed by atoms with Crippen LogP contribution in [0.2, 0.25) is 0 Å². The molecule has 9 atom stereocenters. The molecule has 2 heterocycles. The molecular weight excluding hydrogens is 504 g/mol. The van der Waals surface area contributed by atoms with Crippen LogP contribution in [0.4, 0.5) is 0 Å². The fraction of sp³-hybridized carbons (Fsp3) is 0.600. The van der Waals surface area contributed by atoms with E-state index < -0.39 is 58.2 Å². The van der Waals surface area contributed by atoms with Crippen molar-refractivity contribution < 1.29 is 42.5 Å². The van der Waals surface area contributed by atoms with Crippen molar-refractivity contribution in [1.82, 2.24) is 0 Å². The van der Waals surface area contributed by atoms with Gasteiger partial charge >= 0.3 is 17.9 Å². The highest BCUT2D eigenvalue weighted by Crippen LogP contribution is 2.70. The van der Waals surface area contributed by atoms with Gasteiger partial charge < -0.3 is 23.4 Å². The lowest BCUT2D eigenvalue weighted by Gasteiger charge is -2.62. The Labute approximate surface area is 227 Å². The standard InChI is InChI=1S/C30H36O9/c1-15-18(17-9-11-37-14-17)12-19-23(15)30(5)20(13-22(33)35-6)29(4)21(32)8-10-28(3,27(34)36-7)25(29)24(26(30)39-19)38-16(2)31/h8-11,14,18-20,24-26H,12-13H2,1-7H3/t18-,19-,20-,24-,25?,26+,28-,29-,30-/m1/s1. The summed E-state index contributed by atoms with van der Waals surface area (Å²) in [5.41, 5.74) is -0.391. The molecule has 1 saturated carbocycles. The Morgan fingerprint density at radius 1 is 1.10 bits per heavy atom. The summed E-state index contributed by atoms with van der Waals surface area (Å²) in [4.78, 5) is 52.9. The van der Waals surface area contributed by atoms with Gasteiger partial charge in [-0.1, -0.05) is 25.5 Å². The van der Waals surface area contributed by atoms with Crippen molar-refractivity contribution in [2.45, 2.75) is 71.7 Å². The molecule has 0 aromatic carbocycles. The van der Waals surface area contributed by atoms with Gasteiger partial charge in [0.2, 0.25) is 0 Å². The van der Waals surface area contributed by atoms with Crippen molar-refractivity contribution >= 4 is 23.7 Å². The largest absolute Gasteiger partial charge is 0.472 e. The minimum absolute atomic E-state index is 0.0419. The number of hydrogen-bond acceptors (Lipinski definition) is 9. The summed E-state index contributed by atoms with van der Waals surface area (Å²) in [6.45, 7) is 8.83. The van der Waals surface area contributed by atoms with Crippen LogP contribution in [0.3, 0.4) is 0 Å².